The number of carbonyl (C=O) groups is 2. The molecule has 1 amide bonds. The number of ether oxygens (including phenoxy) is 3. The van der Waals surface area contributed by atoms with E-state index in [2.05, 4.69) is 5.32 Å². The molecule has 0 spiro atoms. The fraction of sp³-hybridized carbons (Fsp3) is 0.231. The van der Waals surface area contributed by atoms with Gasteiger partial charge < -0.3 is 19.5 Å². The Labute approximate surface area is 221 Å². The minimum Gasteiger partial charge on any atom is -0.493 e. The number of methoxy groups -OCH3 is 3. The van der Waals surface area contributed by atoms with E-state index in [1.807, 2.05) is 19.9 Å². The third-order valence-electron chi connectivity index (χ3n) is 5.39. The van der Waals surface area contributed by atoms with Gasteiger partial charge in [0.1, 0.15) is 6.54 Å². The average molecular weight is 547 g/mol. The largest absolute Gasteiger partial charge is 0.493 e. The molecule has 0 heterocycles. The maximum Gasteiger partial charge on any atom is 0.337 e. The number of esters is 1. The summed E-state index contributed by atoms with van der Waals surface area (Å²) >= 11 is 6.21. The summed E-state index contributed by atoms with van der Waals surface area (Å²) in [5.41, 5.74) is 2.25. The molecule has 3 aromatic carbocycles. The second-order valence-corrected chi connectivity index (χ2v) is 10.4. The molecule has 3 rings (SSSR count). The van der Waals surface area contributed by atoms with E-state index in [1.165, 1.54) is 57.7 Å². The standard InChI is InChI=1S/C26H27ClN2O7S/c1-16-10-17(2)12-19(11-16)29(37(32,33)20-7-9-23(34-3)24(14-20)35-4)15-25(30)28-22-13-18(26(31)36-5)6-8-21(22)27/h6-14H,15H2,1-5H3,(H,28,30). The van der Waals surface area contributed by atoms with Crippen molar-refractivity contribution in [3.8, 4) is 11.5 Å². The molecular formula is C26H27ClN2O7S. The minimum atomic E-state index is -4.24. The van der Waals surface area contributed by atoms with Gasteiger partial charge in [0.15, 0.2) is 11.5 Å². The van der Waals surface area contributed by atoms with Crippen LogP contribution in [0.15, 0.2) is 59.5 Å². The van der Waals surface area contributed by atoms with Crippen LogP contribution in [0.5, 0.6) is 11.5 Å². The van der Waals surface area contributed by atoms with Crippen molar-refractivity contribution in [3.63, 3.8) is 0 Å². The van der Waals surface area contributed by atoms with Crippen LogP contribution in [0.3, 0.4) is 0 Å². The van der Waals surface area contributed by atoms with Crippen molar-refractivity contribution >= 4 is 44.9 Å². The van der Waals surface area contributed by atoms with Gasteiger partial charge in [-0.2, -0.15) is 0 Å². The van der Waals surface area contributed by atoms with Crippen molar-refractivity contribution < 1.29 is 32.2 Å². The molecule has 3 aromatic rings. The molecule has 0 radical (unpaired) electrons. The van der Waals surface area contributed by atoms with E-state index in [0.29, 0.717) is 11.4 Å². The number of anilines is 2. The highest BCUT2D eigenvalue weighted by Crippen LogP contribution is 2.33. The molecule has 9 nitrogen and oxygen atoms in total. The molecule has 0 unspecified atom stereocenters. The highest BCUT2D eigenvalue weighted by molar-refractivity contribution is 7.92. The number of halogens is 1. The SMILES string of the molecule is COC(=O)c1ccc(Cl)c(NC(=O)CN(c2cc(C)cc(C)c2)S(=O)(=O)c2ccc(OC)c(OC)c2)c1. The molecule has 196 valence electrons. The van der Waals surface area contributed by atoms with Crippen molar-refractivity contribution in [1.29, 1.82) is 0 Å². The predicted octanol–water partition coefficient (Wildman–Crippen LogP) is 4.59. The van der Waals surface area contributed by atoms with Crippen LogP contribution < -0.4 is 19.1 Å². The fourth-order valence-electron chi connectivity index (χ4n) is 3.70. The quantitative estimate of drug-likeness (QED) is 0.390. The summed E-state index contributed by atoms with van der Waals surface area (Å²) in [7, 11) is -0.165. The van der Waals surface area contributed by atoms with Crippen LogP contribution in [0.1, 0.15) is 21.5 Å². The van der Waals surface area contributed by atoms with E-state index in [4.69, 9.17) is 25.8 Å². The number of carbonyl (C=O) groups excluding carboxylic acids is 2. The first-order valence-corrected chi connectivity index (χ1v) is 12.8. The van der Waals surface area contributed by atoms with Crippen LogP contribution in [-0.4, -0.2) is 48.2 Å². The van der Waals surface area contributed by atoms with Crippen LogP contribution >= 0.6 is 11.6 Å². The van der Waals surface area contributed by atoms with Gasteiger partial charge in [-0.1, -0.05) is 17.7 Å². The normalized spacial score (nSPS) is 11.0. The van der Waals surface area contributed by atoms with Gasteiger partial charge in [0.2, 0.25) is 5.91 Å². The molecular weight excluding hydrogens is 520 g/mol. The number of hydrogen-bond donors (Lipinski definition) is 1. The molecule has 0 aliphatic carbocycles. The zero-order valence-corrected chi connectivity index (χ0v) is 22.6. The van der Waals surface area contributed by atoms with Crippen molar-refractivity contribution in [3.05, 3.63) is 76.3 Å². The summed E-state index contributed by atoms with van der Waals surface area (Å²) in [5, 5.41) is 2.76. The number of amides is 1. The molecule has 1 N–H and O–H groups in total. The lowest BCUT2D eigenvalue weighted by atomic mass is 10.1. The Balaban J connectivity index is 2.03. The molecule has 11 heteroatoms. The van der Waals surface area contributed by atoms with Crippen molar-refractivity contribution in [1.82, 2.24) is 0 Å². The maximum atomic E-state index is 13.8. The first kappa shape index (κ1) is 27.8. The van der Waals surface area contributed by atoms with E-state index < -0.39 is 28.4 Å². The third-order valence-corrected chi connectivity index (χ3v) is 7.49. The highest BCUT2D eigenvalue weighted by Gasteiger charge is 2.29. The second-order valence-electron chi connectivity index (χ2n) is 8.11. The molecule has 0 aromatic heterocycles. The number of nitrogens with one attached hydrogen (secondary N) is 1. The minimum absolute atomic E-state index is 0.0946. The second kappa shape index (κ2) is 11.5. The average Bonchev–Trinajstić information content (AvgIpc) is 2.86. The third kappa shape index (κ3) is 6.33. The molecule has 0 saturated carbocycles. The van der Waals surface area contributed by atoms with Gasteiger partial charge in [-0.25, -0.2) is 13.2 Å². The Morgan fingerprint density at radius 3 is 2.14 bits per heavy atom. The molecule has 0 atom stereocenters. The zero-order valence-electron chi connectivity index (χ0n) is 21.0. The molecule has 37 heavy (non-hydrogen) atoms. The smallest absolute Gasteiger partial charge is 0.337 e. The zero-order chi connectivity index (χ0) is 27.3. The number of rotatable bonds is 9. The van der Waals surface area contributed by atoms with Crippen molar-refractivity contribution in [2.75, 3.05) is 37.5 Å². The first-order chi connectivity index (χ1) is 17.5. The Bertz CT molecular complexity index is 1420. The van der Waals surface area contributed by atoms with Crippen LogP contribution in [0.4, 0.5) is 11.4 Å². The van der Waals surface area contributed by atoms with E-state index >= 15 is 0 Å². The van der Waals surface area contributed by atoms with Crippen LogP contribution in [-0.2, 0) is 19.6 Å². The fourth-order valence-corrected chi connectivity index (χ4v) is 5.29. The highest BCUT2D eigenvalue weighted by atomic mass is 35.5. The summed E-state index contributed by atoms with van der Waals surface area (Å²) in [4.78, 5) is 24.9. The van der Waals surface area contributed by atoms with E-state index in [9.17, 15) is 18.0 Å². The van der Waals surface area contributed by atoms with E-state index in [-0.39, 0.29) is 26.9 Å². The maximum absolute atomic E-state index is 13.8. The molecule has 0 aliphatic rings. The van der Waals surface area contributed by atoms with Gasteiger partial charge >= 0.3 is 5.97 Å². The van der Waals surface area contributed by atoms with Gasteiger partial charge in [0.05, 0.1) is 48.2 Å². The lowest BCUT2D eigenvalue weighted by molar-refractivity contribution is -0.114. The predicted molar refractivity (Wildman–Crippen MR) is 141 cm³/mol. The molecule has 0 aliphatic heterocycles. The Hall–Kier alpha value is -3.76. The van der Waals surface area contributed by atoms with E-state index in [1.54, 1.807) is 12.1 Å². The summed E-state index contributed by atoms with van der Waals surface area (Å²) in [5.74, 6) is -0.704. The summed E-state index contributed by atoms with van der Waals surface area (Å²) < 4.78 is 43.8. The van der Waals surface area contributed by atoms with Crippen LogP contribution in [0.25, 0.3) is 0 Å². The van der Waals surface area contributed by atoms with Gasteiger partial charge in [0, 0.05) is 6.07 Å². The van der Waals surface area contributed by atoms with Crippen molar-refractivity contribution in [2.24, 2.45) is 0 Å². The first-order valence-electron chi connectivity index (χ1n) is 11.0. The number of nitrogens with zero attached hydrogens (tertiary/aromatic N) is 1. The number of aryl methyl sites for hydroxylation is 2. The van der Waals surface area contributed by atoms with Crippen molar-refractivity contribution in [2.45, 2.75) is 18.7 Å². The Kier molecular flexibility index (Phi) is 8.67. The van der Waals surface area contributed by atoms with E-state index in [0.717, 1.165) is 15.4 Å². The van der Waals surface area contributed by atoms with Crippen LogP contribution in [0.2, 0.25) is 5.02 Å². The monoisotopic (exact) mass is 546 g/mol. The number of sulfonamides is 1. The number of hydrogen-bond acceptors (Lipinski definition) is 7. The lowest BCUT2D eigenvalue weighted by Crippen LogP contribution is -2.38. The topological polar surface area (TPSA) is 111 Å². The molecule has 0 fully saturated rings. The number of benzene rings is 3. The summed E-state index contributed by atoms with van der Waals surface area (Å²) in [6, 6.07) is 13.7. The molecule has 0 bridgehead atoms. The van der Waals surface area contributed by atoms with Gasteiger partial charge in [0.25, 0.3) is 10.0 Å². The Morgan fingerprint density at radius 2 is 1.54 bits per heavy atom. The molecule has 0 saturated heterocycles. The van der Waals surface area contributed by atoms with Crippen LogP contribution in [0, 0.1) is 13.8 Å². The summed E-state index contributed by atoms with van der Waals surface area (Å²) in [6.45, 7) is 3.09. The van der Waals surface area contributed by atoms with Gasteiger partial charge in [-0.15, -0.1) is 0 Å². The van der Waals surface area contributed by atoms with Gasteiger partial charge in [-0.05, 0) is 67.4 Å². The lowest BCUT2D eigenvalue weighted by Gasteiger charge is -2.25. The summed E-state index contributed by atoms with van der Waals surface area (Å²) in [6.07, 6.45) is 0. The van der Waals surface area contributed by atoms with Gasteiger partial charge in [-0.3, -0.25) is 9.10 Å². The Morgan fingerprint density at radius 1 is 0.892 bits per heavy atom.